The van der Waals surface area contributed by atoms with Gasteiger partial charge in [0.05, 0.1) is 5.69 Å². The number of carbonyl (C=O) groups excluding carboxylic acids is 2. The molecule has 9 nitrogen and oxygen atoms in total. The lowest BCUT2D eigenvalue weighted by Crippen LogP contribution is -2.46. The van der Waals surface area contributed by atoms with Crippen molar-refractivity contribution in [2.75, 3.05) is 0 Å². The van der Waals surface area contributed by atoms with Crippen LogP contribution in [0, 0.1) is 5.92 Å². The number of rotatable bonds is 5. The van der Waals surface area contributed by atoms with Gasteiger partial charge in [0.1, 0.15) is 5.65 Å². The molecular formula is C21H29N5O4. The number of primary amides is 1. The number of aromatic nitrogens is 3. The first kappa shape index (κ1) is 21.6. The number of nitrogens with two attached hydrogens (primary N) is 1. The Morgan fingerprint density at radius 2 is 1.93 bits per heavy atom. The summed E-state index contributed by atoms with van der Waals surface area (Å²) >= 11 is 0. The van der Waals surface area contributed by atoms with Gasteiger partial charge in [0.2, 0.25) is 11.8 Å². The number of piperidine rings is 1. The summed E-state index contributed by atoms with van der Waals surface area (Å²) in [5, 5.41) is 14.7. The van der Waals surface area contributed by atoms with Crippen LogP contribution in [0.4, 0.5) is 0 Å². The maximum atomic E-state index is 12.7. The van der Waals surface area contributed by atoms with Crippen molar-refractivity contribution >= 4 is 23.5 Å². The van der Waals surface area contributed by atoms with Crippen LogP contribution in [0.1, 0.15) is 63.0 Å². The third kappa shape index (κ3) is 3.96. The van der Waals surface area contributed by atoms with Gasteiger partial charge in [-0.25, -0.2) is 0 Å². The van der Waals surface area contributed by atoms with Crippen molar-refractivity contribution in [3.05, 3.63) is 33.8 Å². The summed E-state index contributed by atoms with van der Waals surface area (Å²) in [6.07, 6.45) is 6.05. The van der Waals surface area contributed by atoms with Gasteiger partial charge in [-0.3, -0.25) is 19.0 Å². The average molecular weight is 415 g/mol. The first-order chi connectivity index (χ1) is 14.1. The molecule has 0 aromatic carbocycles. The summed E-state index contributed by atoms with van der Waals surface area (Å²) in [5.74, 6) is -1.48. The molecule has 2 aromatic heterocycles. The van der Waals surface area contributed by atoms with Gasteiger partial charge in [-0.05, 0) is 45.1 Å². The largest absolute Gasteiger partial charge is 0.494 e. The van der Waals surface area contributed by atoms with Crippen LogP contribution in [0.15, 0.2) is 16.9 Å². The smallest absolute Gasteiger partial charge is 0.291 e. The fourth-order valence-corrected chi connectivity index (χ4v) is 4.12. The molecule has 0 radical (unpaired) electrons. The lowest BCUT2D eigenvalue weighted by atomic mass is 9.97. The molecule has 3 rings (SSSR count). The zero-order valence-corrected chi connectivity index (χ0v) is 17.8. The Morgan fingerprint density at radius 1 is 1.30 bits per heavy atom. The Morgan fingerprint density at radius 3 is 2.50 bits per heavy atom. The summed E-state index contributed by atoms with van der Waals surface area (Å²) in [6, 6.07) is 1.94. The van der Waals surface area contributed by atoms with Gasteiger partial charge in [-0.2, -0.15) is 9.61 Å². The van der Waals surface area contributed by atoms with E-state index < -0.39 is 22.9 Å². The fourth-order valence-electron chi connectivity index (χ4n) is 4.12. The summed E-state index contributed by atoms with van der Waals surface area (Å²) in [7, 11) is 0. The van der Waals surface area contributed by atoms with Crippen LogP contribution in [-0.2, 0) is 11.3 Å². The highest BCUT2D eigenvalue weighted by atomic mass is 16.3. The summed E-state index contributed by atoms with van der Waals surface area (Å²) in [4.78, 5) is 39.0. The minimum atomic E-state index is -1.02. The van der Waals surface area contributed by atoms with E-state index in [0.29, 0.717) is 17.9 Å². The Bertz CT molecular complexity index is 1060. The van der Waals surface area contributed by atoms with Crippen LogP contribution in [0.25, 0.3) is 11.7 Å². The Labute approximate surface area is 174 Å². The van der Waals surface area contributed by atoms with Gasteiger partial charge in [0, 0.05) is 30.8 Å². The van der Waals surface area contributed by atoms with Crippen LogP contribution in [0.5, 0.6) is 5.88 Å². The maximum Gasteiger partial charge on any atom is 0.291 e. The third-order valence-corrected chi connectivity index (χ3v) is 5.51. The van der Waals surface area contributed by atoms with Gasteiger partial charge < -0.3 is 15.7 Å². The van der Waals surface area contributed by atoms with Crippen LogP contribution in [-0.4, -0.2) is 48.1 Å². The topological polar surface area (TPSA) is 123 Å². The molecule has 3 N–H and O–H groups in total. The zero-order chi connectivity index (χ0) is 22.2. The molecule has 0 bridgehead atoms. The van der Waals surface area contributed by atoms with E-state index in [9.17, 15) is 19.5 Å². The number of hydrogen-bond acceptors (Lipinski definition) is 5. The molecule has 162 valence electrons. The molecule has 1 fully saturated rings. The SMILES string of the molecule is CC(C)Cn1c(O)c(C(N)=O)c(=O)n2nc(/C=C/C(=O)N3[C@H](C)CCC[C@@H]3C)cc12. The van der Waals surface area contributed by atoms with E-state index in [1.165, 1.54) is 10.6 Å². The van der Waals surface area contributed by atoms with Gasteiger partial charge in [0.15, 0.2) is 5.56 Å². The standard InChI is InChI=1S/C21H29N5O4/c1-12(2)11-24-16-10-15(23-26(16)21(30)18(19(22)28)20(24)29)8-9-17(27)25-13(3)6-5-7-14(25)4/h8-10,12-14,29H,5-7,11H2,1-4H3,(H2,22,28)/b9-8+/t13-,14+. The van der Waals surface area contributed by atoms with Crippen LogP contribution in [0.2, 0.25) is 0 Å². The fraction of sp³-hybridized carbons (Fsp3) is 0.524. The molecule has 0 saturated carbocycles. The van der Waals surface area contributed by atoms with Crippen molar-refractivity contribution in [3.63, 3.8) is 0 Å². The molecule has 1 saturated heterocycles. The molecule has 0 aliphatic carbocycles. The Balaban J connectivity index is 2.03. The second kappa shape index (κ2) is 8.33. The Kier molecular flexibility index (Phi) is 6.00. The van der Waals surface area contributed by atoms with Crippen molar-refractivity contribution in [1.29, 1.82) is 0 Å². The minimum absolute atomic E-state index is 0.107. The molecule has 1 aliphatic heterocycles. The molecule has 0 unspecified atom stereocenters. The molecule has 3 heterocycles. The van der Waals surface area contributed by atoms with E-state index in [-0.39, 0.29) is 23.9 Å². The zero-order valence-electron chi connectivity index (χ0n) is 17.8. The normalized spacial score (nSPS) is 19.8. The molecular weight excluding hydrogens is 386 g/mol. The van der Waals surface area contributed by atoms with Crippen LogP contribution >= 0.6 is 0 Å². The highest BCUT2D eigenvalue weighted by molar-refractivity contribution is 5.95. The predicted molar refractivity (Wildman–Crippen MR) is 113 cm³/mol. The molecule has 0 spiro atoms. The van der Waals surface area contributed by atoms with Crippen molar-refractivity contribution < 1.29 is 14.7 Å². The van der Waals surface area contributed by atoms with E-state index in [1.807, 2.05) is 32.6 Å². The Hall–Kier alpha value is -3.10. The molecule has 9 heteroatoms. The second-order valence-electron chi connectivity index (χ2n) is 8.42. The lowest BCUT2D eigenvalue weighted by Gasteiger charge is -2.38. The van der Waals surface area contributed by atoms with E-state index >= 15 is 0 Å². The van der Waals surface area contributed by atoms with E-state index in [1.54, 1.807) is 12.1 Å². The van der Waals surface area contributed by atoms with Gasteiger partial charge >= 0.3 is 0 Å². The minimum Gasteiger partial charge on any atom is -0.494 e. The van der Waals surface area contributed by atoms with Crippen molar-refractivity contribution in [2.45, 2.75) is 65.6 Å². The van der Waals surface area contributed by atoms with Crippen molar-refractivity contribution in [1.82, 2.24) is 19.1 Å². The lowest BCUT2D eigenvalue weighted by molar-refractivity contribution is -0.131. The van der Waals surface area contributed by atoms with Gasteiger partial charge in [-0.15, -0.1) is 0 Å². The predicted octanol–water partition coefficient (Wildman–Crippen LogP) is 1.76. The van der Waals surface area contributed by atoms with E-state index in [4.69, 9.17) is 5.73 Å². The maximum absolute atomic E-state index is 12.7. The van der Waals surface area contributed by atoms with E-state index in [2.05, 4.69) is 5.10 Å². The highest BCUT2D eigenvalue weighted by Gasteiger charge is 2.27. The number of fused-ring (bicyclic) bond motifs is 1. The number of aromatic hydroxyl groups is 1. The summed E-state index contributed by atoms with van der Waals surface area (Å²) in [6.45, 7) is 8.31. The summed E-state index contributed by atoms with van der Waals surface area (Å²) in [5.41, 5.74) is 4.70. The monoisotopic (exact) mass is 415 g/mol. The number of likely N-dealkylation sites (tertiary alicyclic amines) is 1. The highest BCUT2D eigenvalue weighted by Crippen LogP contribution is 2.23. The van der Waals surface area contributed by atoms with E-state index in [0.717, 1.165) is 23.8 Å². The second-order valence-corrected chi connectivity index (χ2v) is 8.42. The van der Waals surface area contributed by atoms with Gasteiger partial charge in [-0.1, -0.05) is 13.8 Å². The number of amides is 2. The third-order valence-electron chi connectivity index (χ3n) is 5.51. The first-order valence-corrected chi connectivity index (χ1v) is 10.3. The van der Waals surface area contributed by atoms with Crippen molar-refractivity contribution in [2.24, 2.45) is 11.7 Å². The first-order valence-electron chi connectivity index (χ1n) is 10.3. The van der Waals surface area contributed by atoms with Crippen LogP contribution in [0.3, 0.4) is 0 Å². The number of hydrogen-bond donors (Lipinski definition) is 2. The molecule has 2 atom stereocenters. The molecule has 2 amide bonds. The van der Waals surface area contributed by atoms with Crippen molar-refractivity contribution in [3.8, 4) is 5.88 Å². The molecule has 1 aliphatic rings. The quantitative estimate of drug-likeness (QED) is 0.721. The summed E-state index contributed by atoms with van der Waals surface area (Å²) < 4.78 is 2.48. The van der Waals surface area contributed by atoms with Crippen LogP contribution < -0.4 is 11.3 Å². The van der Waals surface area contributed by atoms with Gasteiger partial charge in [0.25, 0.3) is 11.5 Å². The molecule has 2 aromatic rings. The average Bonchev–Trinajstić information content (AvgIpc) is 3.07. The molecule has 30 heavy (non-hydrogen) atoms. The number of carbonyl (C=O) groups is 2. The number of nitrogens with zero attached hydrogens (tertiary/aromatic N) is 4.